The largest absolute Gasteiger partial charge is 0.497 e. The molecule has 0 radical (unpaired) electrons. The highest BCUT2D eigenvalue weighted by atomic mass is 16.5. The number of hydrogen-bond donors (Lipinski definition) is 3. The summed E-state index contributed by atoms with van der Waals surface area (Å²) in [5, 5.41) is 18.7. The fourth-order valence-corrected chi connectivity index (χ4v) is 4.23. The van der Waals surface area contributed by atoms with Crippen LogP contribution < -0.4 is 14.8 Å². The molecule has 1 unspecified atom stereocenters. The Bertz CT molecular complexity index is 1510. The van der Waals surface area contributed by atoms with Crippen LogP contribution in [0, 0.1) is 0 Å². The average Bonchev–Trinajstić information content (AvgIpc) is 3.53. The first-order chi connectivity index (χ1) is 17.5. The van der Waals surface area contributed by atoms with Crippen molar-refractivity contribution in [2.24, 2.45) is 0 Å². The van der Waals surface area contributed by atoms with Gasteiger partial charge in [-0.3, -0.25) is 0 Å². The number of methoxy groups -OCH3 is 1. The van der Waals surface area contributed by atoms with Crippen molar-refractivity contribution in [3.05, 3.63) is 60.6 Å². The monoisotopic (exact) mass is 486 g/mol. The van der Waals surface area contributed by atoms with E-state index in [2.05, 4.69) is 40.3 Å². The number of pyridine rings is 1. The number of aromatic nitrogens is 5. The molecule has 5 rings (SSSR count). The van der Waals surface area contributed by atoms with E-state index >= 15 is 0 Å². The van der Waals surface area contributed by atoms with Crippen LogP contribution in [0.2, 0.25) is 0 Å². The maximum absolute atomic E-state index is 10.1. The van der Waals surface area contributed by atoms with Gasteiger partial charge in [0.05, 0.1) is 24.7 Å². The van der Waals surface area contributed by atoms with Gasteiger partial charge in [0, 0.05) is 47.1 Å². The lowest BCUT2D eigenvalue weighted by Gasteiger charge is -2.15. The predicted molar refractivity (Wildman–Crippen MR) is 140 cm³/mol. The smallest absolute Gasteiger partial charge is 0.159 e. The molecule has 4 aromatic heterocycles. The van der Waals surface area contributed by atoms with E-state index in [4.69, 9.17) is 14.5 Å². The van der Waals surface area contributed by atoms with Crippen molar-refractivity contribution in [2.45, 2.75) is 25.9 Å². The van der Waals surface area contributed by atoms with Crippen LogP contribution in [0.15, 0.2) is 55.0 Å². The Hall–Kier alpha value is -3.95. The van der Waals surface area contributed by atoms with Gasteiger partial charge in [0.2, 0.25) is 0 Å². The van der Waals surface area contributed by atoms with Gasteiger partial charge in [-0.05, 0) is 43.3 Å². The molecule has 0 fully saturated rings. The van der Waals surface area contributed by atoms with E-state index in [1.54, 1.807) is 20.2 Å². The fourth-order valence-electron chi connectivity index (χ4n) is 4.23. The number of aliphatic hydroxyl groups excluding tert-OH is 1. The molecule has 0 amide bonds. The van der Waals surface area contributed by atoms with E-state index < -0.39 is 6.10 Å². The van der Waals surface area contributed by atoms with Crippen molar-refractivity contribution < 1.29 is 14.6 Å². The Balaban J connectivity index is 1.65. The van der Waals surface area contributed by atoms with Crippen LogP contribution in [-0.2, 0) is 0 Å². The van der Waals surface area contributed by atoms with E-state index in [-0.39, 0.29) is 12.5 Å². The van der Waals surface area contributed by atoms with E-state index in [1.165, 1.54) is 0 Å². The molecular weight excluding hydrogens is 456 g/mol. The topological polar surface area (TPSA) is 110 Å². The molecule has 0 aliphatic heterocycles. The Labute approximate surface area is 209 Å². The highest BCUT2D eigenvalue weighted by Crippen LogP contribution is 2.34. The lowest BCUT2D eigenvalue weighted by molar-refractivity contribution is 0.108. The summed E-state index contributed by atoms with van der Waals surface area (Å²) in [4.78, 5) is 12.7. The zero-order chi connectivity index (χ0) is 25.2. The third-order valence-corrected chi connectivity index (χ3v) is 6.11. The lowest BCUT2D eigenvalue weighted by Crippen LogP contribution is -2.29. The summed E-state index contributed by atoms with van der Waals surface area (Å²) in [5.41, 5.74) is 6.10. The molecule has 0 bridgehead atoms. The zero-order valence-electron chi connectivity index (χ0n) is 20.8. The molecule has 4 heterocycles. The quantitative estimate of drug-likeness (QED) is 0.289. The molecule has 0 saturated heterocycles. The number of fused-ring (bicyclic) bond motifs is 2. The van der Waals surface area contributed by atoms with Crippen molar-refractivity contribution in [3.63, 3.8) is 0 Å². The van der Waals surface area contributed by atoms with E-state index in [0.717, 1.165) is 44.8 Å². The first-order valence-electron chi connectivity index (χ1n) is 11.9. The predicted octanol–water partition coefficient (Wildman–Crippen LogP) is 4.03. The second kappa shape index (κ2) is 9.96. The van der Waals surface area contributed by atoms with Gasteiger partial charge in [-0.2, -0.15) is 5.10 Å². The molecule has 0 spiro atoms. The first-order valence-corrected chi connectivity index (χ1v) is 11.9. The van der Waals surface area contributed by atoms with Crippen molar-refractivity contribution >= 4 is 16.7 Å². The summed E-state index contributed by atoms with van der Waals surface area (Å²) < 4.78 is 13.3. The molecule has 36 heavy (non-hydrogen) atoms. The molecule has 0 saturated carbocycles. The molecule has 9 nitrogen and oxygen atoms in total. The van der Waals surface area contributed by atoms with Crippen molar-refractivity contribution in [3.8, 4) is 34.0 Å². The third kappa shape index (κ3) is 4.62. The molecule has 3 N–H and O–H groups in total. The second-order valence-electron chi connectivity index (χ2n) is 9.08. The van der Waals surface area contributed by atoms with Gasteiger partial charge in [0.25, 0.3) is 0 Å². The standard InChI is InChI=1S/C27H30N6O3/c1-16(2)23-14-31-33-25(18-8-21(35-4)10-22(9-18)36-15-20(34)13-28-3)11-24(32-27(23)33)19-7-17-5-6-29-26(17)30-12-19/h5-12,14,16,20,28,34H,13,15H2,1-4H3,(H,29,30). The Morgan fingerprint density at radius 1 is 1.08 bits per heavy atom. The normalized spacial score (nSPS) is 12.5. The SMILES string of the molecule is CNCC(O)COc1cc(OC)cc(-c2cc(-c3cnc4[nH]ccc4c3)nc3c(C(C)C)cnn23)c1. The van der Waals surface area contributed by atoms with Crippen LogP contribution in [0.4, 0.5) is 0 Å². The van der Waals surface area contributed by atoms with Crippen molar-refractivity contribution in [2.75, 3.05) is 27.3 Å². The van der Waals surface area contributed by atoms with Gasteiger partial charge in [0.1, 0.15) is 29.9 Å². The number of aromatic amines is 1. The number of H-pyrrole nitrogens is 1. The average molecular weight is 487 g/mol. The Morgan fingerprint density at radius 3 is 2.69 bits per heavy atom. The van der Waals surface area contributed by atoms with Crippen molar-refractivity contribution in [1.82, 2.24) is 29.9 Å². The minimum absolute atomic E-state index is 0.159. The number of rotatable bonds is 9. The van der Waals surface area contributed by atoms with Gasteiger partial charge < -0.3 is 24.9 Å². The van der Waals surface area contributed by atoms with E-state index in [0.29, 0.717) is 18.0 Å². The van der Waals surface area contributed by atoms with Gasteiger partial charge in [-0.25, -0.2) is 14.5 Å². The first kappa shape index (κ1) is 23.8. The summed E-state index contributed by atoms with van der Waals surface area (Å²) in [6, 6.07) is 11.8. The molecule has 186 valence electrons. The minimum Gasteiger partial charge on any atom is -0.497 e. The molecule has 0 aliphatic carbocycles. The van der Waals surface area contributed by atoms with Crippen LogP contribution in [0.1, 0.15) is 25.3 Å². The number of hydrogen-bond acceptors (Lipinski definition) is 7. The molecule has 0 aliphatic rings. The highest BCUT2D eigenvalue weighted by Gasteiger charge is 2.18. The number of benzene rings is 1. The summed E-state index contributed by atoms with van der Waals surface area (Å²) in [7, 11) is 3.41. The maximum atomic E-state index is 10.1. The molecule has 9 heteroatoms. The number of likely N-dealkylation sites (N-methyl/N-ethyl adjacent to an activating group) is 1. The third-order valence-electron chi connectivity index (χ3n) is 6.11. The molecule has 5 aromatic rings. The summed E-state index contributed by atoms with van der Waals surface area (Å²) in [6.07, 6.45) is 4.96. The summed E-state index contributed by atoms with van der Waals surface area (Å²) >= 11 is 0. The highest BCUT2D eigenvalue weighted by molar-refractivity contribution is 5.82. The molecule has 1 atom stereocenters. The fraction of sp³-hybridized carbons (Fsp3) is 0.296. The Kier molecular flexibility index (Phi) is 6.58. The van der Waals surface area contributed by atoms with E-state index in [9.17, 15) is 5.11 Å². The minimum atomic E-state index is -0.626. The van der Waals surface area contributed by atoms with Crippen LogP contribution in [0.5, 0.6) is 11.5 Å². The summed E-state index contributed by atoms with van der Waals surface area (Å²) in [6.45, 7) is 4.86. The van der Waals surface area contributed by atoms with Crippen LogP contribution in [0.25, 0.3) is 39.2 Å². The number of nitrogens with one attached hydrogen (secondary N) is 2. The van der Waals surface area contributed by atoms with Gasteiger partial charge in [0.15, 0.2) is 5.65 Å². The van der Waals surface area contributed by atoms with Gasteiger partial charge in [-0.1, -0.05) is 13.8 Å². The van der Waals surface area contributed by atoms with Crippen LogP contribution in [-0.4, -0.2) is 63.1 Å². The lowest BCUT2D eigenvalue weighted by atomic mass is 10.1. The van der Waals surface area contributed by atoms with Crippen LogP contribution in [0.3, 0.4) is 0 Å². The number of aliphatic hydroxyl groups is 1. The Morgan fingerprint density at radius 2 is 1.92 bits per heavy atom. The maximum Gasteiger partial charge on any atom is 0.159 e. The van der Waals surface area contributed by atoms with Gasteiger partial charge >= 0.3 is 0 Å². The summed E-state index contributed by atoms with van der Waals surface area (Å²) in [5.74, 6) is 1.49. The van der Waals surface area contributed by atoms with E-state index in [1.807, 2.05) is 47.4 Å². The molecular formula is C27H30N6O3. The van der Waals surface area contributed by atoms with Crippen molar-refractivity contribution in [1.29, 1.82) is 0 Å². The van der Waals surface area contributed by atoms with Crippen LogP contribution >= 0.6 is 0 Å². The zero-order valence-corrected chi connectivity index (χ0v) is 20.8. The van der Waals surface area contributed by atoms with Gasteiger partial charge in [-0.15, -0.1) is 0 Å². The molecule has 1 aromatic carbocycles. The second-order valence-corrected chi connectivity index (χ2v) is 9.08. The number of nitrogens with zero attached hydrogens (tertiary/aromatic N) is 4. The number of ether oxygens (including phenoxy) is 2.